The number of hydrogen-bond acceptors (Lipinski definition) is 5. The number of nitrogens with zero attached hydrogens (tertiary/aromatic N) is 2. The number of nitrogens with one attached hydrogen (secondary N) is 1. The number of aromatic nitrogens is 2. The Kier molecular flexibility index (Phi) is 3.84. The molecule has 0 amide bonds. The minimum atomic E-state index is -0.317. The largest absolute Gasteiger partial charge is 0.481 e. The Morgan fingerprint density at radius 1 is 1.32 bits per heavy atom. The quantitative estimate of drug-likeness (QED) is 0.907. The summed E-state index contributed by atoms with van der Waals surface area (Å²) in [6, 6.07) is 4.66. The summed E-state index contributed by atoms with van der Waals surface area (Å²) in [6.45, 7) is 1.79. The molecule has 7 heteroatoms. The lowest BCUT2D eigenvalue weighted by Crippen LogP contribution is -2.02. The Labute approximate surface area is 118 Å². The standard InChI is InChI=1S/C12H12BrFN4O/c1-6-3-8(14)7(13)4-9(6)16-10-5-11(19-2)18-12(15)17-10/h3-5H,1-2H3,(H3,15,16,17,18). The highest BCUT2D eigenvalue weighted by molar-refractivity contribution is 9.10. The number of rotatable bonds is 3. The molecule has 1 aromatic heterocycles. The van der Waals surface area contributed by atoms with Crippen molar-refractivity contribution in [2.45, 2.75) is 6.92 Å². The topological polar surface area (TPSA) is 73.1 Å². The van der Waals surface area contributed by atoms with E-state index < -0.39 is 0 Å². The first-order chi connectivity index (χ1) is 8.99. The minimum Gasteiger partial charge on any atom is -0.481 e. The molecule has 0 saturated heterocycles. The Bertz CT molecular complexity index is 621. The first-order valence-electron chi connectivity index (χ1n) is 5.41. The number of benzene rings is 1. The van der Waals surface area contributed by atoms with Crippen LogP contribution in [0.2, 0.25) is 0 Å². The molecule has 1 aromatic carbocycles. The zero-order chi connectivity index (χ0) is 14.0. The average Bonchev–Trinajstić information content (AvgIpc) is 2.35. The Morgan fingerprint density at radius 2 is 2.05 bits per heavy atom. The van der Waals surface area contributed by atoms with E-state index in [0.717, 1.165) is 5.56 Å². The summed E-state index contributed by atoms with van der Waals surface area (Å²) in [6.07, 6.45) is 0. The van der Waals surface area contributed by atoms with Gasteiger partial charge in [-0.25, -0.2) is 4.39 Å². The van der Waals surface area contributed by atoms with Crippen LogP contribution >= 0.6 is 15.9 Å². The van der Waals surface area contributed by atoms with Gasteiger partial charge in [0.05, 0.1) is 11.6 Å². The lowest BCUT2D eigenvalue weighted by atomic mass is 10.2. The van der Waals surface area contributed by atoms with Crippen molar-refractivity contribution in [3.63, 3.8) is 0 Å². The predicted molar refractivity (Wildman–Crippen MR) is 75.1 cm³/mol. The third kappa shape index (κ3) is 3.11. The molecule has 0 aliphatic rings. The van der Waals surface area contributed by atoms with Gasteiger partial charge < -0.3 is 15.8 Å². The van der Waals surface area contributed by atoms with Crippen LogP contribution in [0.15, 0.2) is 22.7 Å². The van der Waals surface area contributed by atoms with E-state index >= 15 is 0 Å². The summed E-state index contributed by atoms with van der Waals surface area (Å²) in [5.41, 5.74) is 7.03. The molecule has 0 saturated carbocycles. The van der Waals surface area contributed by atoms with Crippen LogP contribution in [-0.2, 0) is 0 Å². The average molecular weight is 327 g/mol. The van der Waals surface area contributed by atoms with Crippen LogP contribution in [-0.4, -0.2) is 17.1 Å². The maximum atomic E-state index is 13.3. The van der Waals surface area contributed by atoms with Crippen LogP contribution < -0.4 is 15.8 Å². The first-order valence-corrected chi connectivity index (χ1v) is 6.20. The highest BCUT2D eigenvalue weighted by Crippen LogP contribution is 2.27. The second kappa shape index (κ2) is 5.40. The molecule has 100 valence electrons. The molecule has 2 aromatic rings. The monoisotopic (exact) mass is 326 g/mol. The second-order valence-electron chi connectivity index (χ2n) is 3.86. The van der Waals surface area contributed by atoms with Gasteiger partial charge in [-0.1, -0.05) is 0 Å². The van der Waals surface area contributed by atoms with Crippen LogP contribution in [0.3, 0.4) is 0 Å². The highest BCUT2D eigenvalue weighted by Gasteiger charge is 2.08. The molecule has 0 fully saturated rings. The lowest BCUT2D eigenvalue weighted by molar-refractivity contribution is 0.398. The number of aryl methyl sites for hydroxylation is 1. The summed E-state index contributed by atoms with van der Waals surface area (Å²) in [7, 11) is 1.49. The first kappa shape index (κ1) is 13.5. The van der Waals surface area contributed by atoms with Gasteiger partial charge in [0.15, 0.2) is 0 Å². The van der Waals surface area contributed by atoms with Gasteiger partial charge >= 0.3 is 0 Å². The van der Waals surface area contributed by atoms with Crippen LogP contribution in [0.1, 0.15) is 5.56 Å². The van der Waals surface area contributed by atoms with Crippen molar-refractivity contribution in [2.75, 3.05) is 18.2 Å². The highest BCUT2D eigenvalue weighted by atomic mass is 79.9. The van der Waals surface area contributed by atoms with E-state index in [4.69, 9.17) is 10.5 Å². The van der Waals surface area contributed by atoms with Gasteiger partial charge in [-0.15, -0.1) is 0 Å². The maximum Gasteiger partial charge on any atom is 0.225 e. The van der Waals surface area contributed by atoms with Gasteiger partial charge in [-0.05, 0) is 40.5 Å². The summed E-state index contributed by atoms with van der Waals surface area (Å²) in [5, 5.41) is 3.05. The van der Waals surface area contributed by atoms with Gasteiger partial charge in [-0.3, -0.25) is 0 Å². The molecule has 2 rings (SSSR count). The van der Waals surface area contributed by atoms with E-state index in [-0.39, 0.29) is 11.8 Å². The molecule has 0 radical (unpaired) electrons. The second-order valence-corrected chi connectivity index (χ2v) is 4.71. The minimum absolute atomic E-state index is 0.0979. The van der Waals surface area contributed by atoms with Gasteiger partial charge in [-0.2, -0.15) is 9.97 Å². The smallest absolute Gasteiger partial charge is 0.225 e. The van der Waals surface area contributed by atoms with Crippen LogP contribution in [0.5, 0.6) is 5.88 Å². The molecule has 0 aliphatic heterocycles. The fourth-order valence-electron chi connectivity index (χ4n) is 1.53. The fourth-order valence-corrected chi connectivity index (χ4v) is 1.87. The van der Waals surface area contributed by atoms with E-state index in [0.29, 0.717) is 21.9 Å². The molecule has 0 bridgehead atoms. The number of nitrogen functional groups attached to an aromatic ring is 1. The molecule has 1 heterocycles. The van der Waals surface area contributed by atoms with Crippen LogP contribution in [0.4, 0.5) is 21.8 Å². The number of nitrogens with two attached hydrogens (primary N) is 1. The molecular weight excluding hydrogens is 315 g/mol. The molecule has 0 unspecified atom stereocenters. The number of ether oxygens (including phenoxy) is 1. The van der Waals surface area contributed by atoms with Gasteiger partial charge in [0.1, 0.15) is 11.6 Å². The lowest BCUT2D eigenvalue weighted by Gasteiger charge is -2.11. The third-order valence-corrected chi connectivity index (χ3v) is 3.07. The maximum absolute atomic E-state index is 13.3. The summed E-state index contributed by atoms with van der Waals surface area (Å²) in [4.78, 5) is 7.92. The Hall–Kier alpha value is -1.89. The van der Waals surface area contributed by atoms with E-state index in [1.54, 1.807) is 19.1 Å². The van der Waals surface area contributed by atoms with Crippen molar-refractivity contribution in [1.29, 1.82) is 0 Å². The zero-order valence-corrected chi connectivity index (χ0v) is 12.0. The van der Waals surface area contributed by atoms with E-state index in [1.165, 1.54) is 13.2 Å². The zero-order valence-electron chi connectivity index (χ0n) is 10.4. The molecule has 0 aliphatic carbocycles. The van der Waals surface area contributed by atoms with Crippen molar-refractivity contribution in [2.24, 2.45) is 0 Å². The number of hydrogen-bond donors (Lipinski definition) is 2. The SMILES string of the molecule is COc1cc(Nc2cc(Br)c(F)cc2C)nc(N)n1. The van der Waals surface area contributed by atoms with Crippen molar-refractivity contribution < 1.29 is 9.13 Å². The van der Waals surface area contributed by atoms with Crippen LogP contribution in [0.25, 0.3) is 0 Å². The molecule has 3 N–H and O–H groups in total. The van der Waals surface area contributed by atoms with Crippen molar-refractivity contribution in [3.8, 4) is 5.88 Å². The number of methoxy groups -OCH3 is 1. The fraction of sp³-hybridized carbons (Fsp3) is 0.167. The molecule has 5 nitrogen and oxygen atoms in total. The van der Waals surface area contributed by atoms with E-state index in [9.17, 15) is 4.39 Å². The Morgan fingerprint density at radius 3 is 2.74 bits per heavy atom. The number of anilines is 3. The molecule has 19 heavy (non-hydrogen) atoms. The van der Waals surface area contributed by atoms with Gasteiger partial charge in [0.2, 0.25) is 11.8 Å². The van der Waals surface area contributed by atoms with Crippen molar-refractivity contribution >= 4 is 33.4 Å². The van der Waals surface area contributed by atoms with E-state index in [2.05, 4.69) is 31.2 Å². The van der Waals surface area contributed by atoms with Crippen LogP contribution in [0, 0.1) is 12.7 Å². The Balaban J connectivity index is 2.36. The van der Waals surface area contributed by atoms with E-state index in [1.807, 2.05) is 0 Å². The third-order valence-electron chi connectivity index (χ3n) is 2.46. The normalized spacial score (nSPS) is 10.3. The molecular formula is C12H12BrFN4O. The summed E-state index contributed by atoms with van der Waals surface area (Å²) >= 11 is 3.14. The predicted octanol–water partition coefficient (Wildman–Crippen LogP) is 3.02. The molecule has 0 spiro atoms. The van der Waals surface area contributed by atoms with Gasteiger partial charge in [0, 0.05) is 11.8 Å². The summed E-state index contributed by atoms with van der Waals surface area (Å²) < 4.78 is 18.7. The molecule has 0 atom stereocenters. The van der Waals surface area contributed by atoms with Crippen molar-refractivity contribution in [1.82, 2.24) is 9.97 Å². The van der Waals surface area contributed by atoms with Gasteiger partial charge in [0.25, 0.3) is 0 Å². The summed E-state index contributed by atoms with van der Waals surface area (Å²) in [5.74, 6) is 0.614. The number of halogens is 2. The van der Waals surface area contributed by atoms with Crippen molar-refractivity contribution in [3.05, 3.63) is 34.1 Å².